The zero-order valence-corrected chi connectivity index (χ0v) is 15.0. The van der Waals surface area contributed by atoms with Crippen molar-refractivity contribution in [1.82, 2.24) is 15.4 Å². The average Bonchev–Trinajstić information content (AvgIpc) is 2.58. The fourth-order valence-electron chi connectivity index (χ4n) is 2.49. The Labute approximate surface area is 151 Å². The van der Waals surface area contributed by atoms with Crippen molar-refractivity contribution in [1.29, 1.82) is 0 Å². The maximum atomic E-state index is 12.3. The lowest BCUT2D eigenvalue weighted by Gasteiger charge is -2.27. The van der Waals surface area contributed by atoms with E-state index >= 15 is 0 Å². The van der Waals surface area contributed by atoms with Gasteiger partial charge in [-0.1, -0.05) is 30.3 Å². The number of ether oxygens (including phenoxy) is 1. The number of benzene rings is 1. The number of sulfonamides is 1. The van der Waals surface area contributed by atoms with Crippen molar-refractivity contribution in [3.05, 3.63) is 35.9 Å². The van der Waals surface area contributed by atoms with Gasteiger partial charge in [-0.3, -0.25) is 14.4 Å². The number of nitrogens with one attached hydrogen (secondary N) is 3. The minimum Gasteiger partial charge on any atom is -0.468 e. The highest BCUT2D eigenvalue weighted by molar-refractivity contribution is 7.90. The van der Waals surface area contributed by atoms with Crippen molar-refractivity contribution >= 4 is 27.8 Å². The molecule has 2 rings (SSSR count). The molecular weight excluding hydrogens is 362 g/mol. The van der Waals surface area contributed by atoms with E-state index in [2.05, 4.69) is 20.1 Å². The first-order chi connectivity index (χ1) is 12.3. The van der Waals surface area contributed by atoms with E-state index < -0.39 is 39.9 Å². The zero-order chi connectivity index (χ0) is 19.2. The molecule has 1 unspecified atom stereocenters. The van der Waals surface area contributed by atoms with Gasteiger partial charge in [0.15, 0.2) is 0 Å². The molecule has 2 atom stereocenters. The molecule has 1 aromatic carbocycles. The van der Waals surface area contributed by atoms with Gasteiger partial charge in [-0.05, 0) is 5.56 Å². The van der Waals surface area contributed by atoms with E-state index in [1.165, 1.54) is 7.11 Å². The van der Waals surface area contributed by atoms with Gasteiger partial charge in [0.05, 0.1) is 12.9 Å². The third-order valence-corrected chi connectivity index (χ3v) is 5.30. The van der Waals surface area contributed by atoms with Crippen LogP contribution < -0.4 is 15.4 Å². The summed E-state index contributed by atoms with van der Waals surface area (Å²) < 4.78 is 28.9. The van der Waals surface area contributed by atoms with Gasteiger partial charge < -0.3 is 15.4 Å². The van der Waals surface area contributed by atoms with Crippen LogP contribution in [0.4, 0.5) is 0 Å². The molecule has 0 aliphatic carbocycles. The molecule has 142 valence electrons. The molecule has 0 spiro atoms. The van der Waals surface area contributed by atoms with Crippen LogP contribution >= 0.6 is 0 Å². The predicted molar refractivity (Wildman–Crippen MR) is 92.4 cm³/mol. The Balaban J connectivity index is 1.96. The second kappa shape index (κ2) is 8.77. The second-order valence-electron chi connectivity index (χ2n) is 5.90. The Bertz CT molecular complexity index is 753. The standard InChI is InChI=1S/C16H21N3O6S/c1-25-15(21)9-17-16(22)13(7-11-5-3-2-4-6-11)18-14(20)8-12-10-26(23,24)19-12/h2-6,12-13,19H,7-10H2,1H3,(H,17,22)(H,18,20)/t12?,13-/m0/s1. The Morgan fingerprint density at radius 2 is 1.92 bits per heavy atom. The van der Waals surface area contributed by atoms with Crippen LogP contribution in [0, 0.1) is 0 Å². The molecule has 1 fully saturated rings. The topological polar surface area (TPSA) is 131 Å². The van der Waals surface area contributed by atoms with Crippen molar-refractivity contribution in [3.8, 4) is 0 Å². The number of hydrogen-bond donors (Lipinski definition) is 3. The first-order valence-corrected chi connectivity index (χ1v) is 9.62. The smallest absolute Gasteiger partial charge is 0.325 e. The highest BCUT2D eigenvalue weighted by atomic mass is 32.2. The van der Waals surface area contributed by atoms with Crippen LogP contribution in [0.15, 0.2) is 30.3 Å². The van der Waals surface area contributed by atoms with Crippen LogP contribution in [-0.2, 0) is 35.6 Å². The van der Waals surface area contributed by atoms with E-state index in [0.717, 1.165) is 5.56 Å². The van der Waals surface area contributed by atoms with Gasteiger partial charge >= 0.3 is 5.97 Å². The molecule has 9 nitrogen and oxygen atoms in total. The Morgan fingerprint density at radius 1 is 1.27 bits per heavy atom. The molecule has 1 aliphatic rings. The van der Waals surface area contributed by atoms with Crippen LogP contribution in [-0.4, -0.2) is 57.7 Å². The third-order valence-electron chi connectivity index (χ3n) is 3.77. The summed E-state index contributed by atoms with van der Waals surface area (Å²) in [4.78, 5) is 35.7. The van der Waals surface area contributed by atoms with Crippen molar-refractivity contribution in [3.63, 3.8) is 0 Å². The number of amides is 2. The summed E-state index contributed by atoms with van der Waals surface area (Å²) in [7, 11) is -2.05. The number of carbonyl (C=O) groups excluding carboxylic acids is 3. The summed E-state index contributed by atoms with van der Waals surface area (Å²) in [5.74, 6) is -1.70. The lowest BCUT2D eigenvalue weighted by Crippen LogP contribution is -2.56. The first kappa shape index (κ1) is 19.9. The quantitative estimate of drug-likeness (QED) is 0.478. The number of rotatable bonds is 8. The molecule has 0 bridgehead atoms. The van der Waals surface area contributed by atoms with Gasteiger partial charge in [-0.2, -0.15) is 0 Å². The van der Waals surface area contributed by atoms with Crippen molar-refractivity contribution < 1.29 is 27.5 Å². The van der Waals surface area contributed by atoms with E-state index in [1.54, 1.807) is 0 Å². The summed E-state index contributed by atoms with van der Waals surface area (Å²) in [6.07, 6.45) is 0.171. The highest BCUT2D eigenvalue weighted by Crippen LogP contribution is 2.10. The Morgan fingerprint density at radius 3 is 2.50 bits per heavy atom. The van der Waals surface area contributed by atoms with Crippen molar-refractivity contribution in [2.45, 2.75) is 24.9 Å². The van der Waals surface area contributed by atoms with E-state index in [0.29, 0.717) is 0 Å². The summed E-state index contributed by atoms with van der Waals surface area (Å²) in [6.45, 7) is -0.307. The van der Waals surface area contributed by atoms with Gasteiger partial charge in [0, 0.05) is 18.9 Å². The maximum Gasteiger partial charge on any atom is 0.325 e. The van der Waals surface area contributed by atoms with E-state index in [4.69, 9.17) is 0 Å². The van der Waals surface area contributed by atoms with E-state index in [-0.39, 0.29) is 25.1 Å². The third kappa shape index (κ3) is 6.12. The fourth-order valence-corrected chi connectivity index (χ4v) is 3.70. The number of esters is 1. The minimum atomic E-state index is -3.25. The molecule has 0 radical (unpaired) electrons. The maximum absolute atomic E-state index is 12.3. The fraction of sp³-hybridized carbons (Fsp3) is 0.438. The molecule has 3 N–H and O–H groups in total. The normalized spacial score (nSPS) is 18.9. The average molecular weight is 383 g/mol. The number of methoxy groups -OCH3 is 1. The van der Waals surface area contributed by atoms with E-state index in [1.807, 2.05) is 30.3 Å². The highest BCUT2D eigenvalue weighted by Gasteiger charge is 2.34. The Hall–Kier alpha value is -2.46. The molecule has 1 heterocycles. The van der Waals surface area contributed by atoms with Crippen LogP contribution in [0.2, 0.25) is 0 Å². The van der Waals surface area contributed by atoms with Crippen LogP contribution in [0.3, 0.4) is 0 Å². The second-order valence-corrected chi connectivity index (χ2v) is 7.70. The monoisotopic (exact) mass is 383 g/mol. The molecule has 10 heteroatoms. The van der Waals surface area contributed by atoms with Gasteiger partial charge in [-0.25, -0.2) is 13.1 Å². The molecule has 0 saturated carbocycles. The first-order valence-electron chi connectivity index (χ1n) is 7.97. The molecular formula is C16H21N3O6S. The lowest BCUT2D eigenvalue weighted by molar-refractivity contribution is -0.141. The molecule has 1 aliphatic heterocycles. The van der Waals surface area contributed by atoms with E-state index in [9.17, 15) is 22.8 Å². The molecule has 26 heavy (non-hydrogen) atoms. The van der Waals surface area contributed by atoms with Gasteiger partial charge in [0.25, 0.3) is 0 Å². The van der Waals surface area contributed by atoms with Gasteiger partial charge in [-0.15, -0.1) is 0 Å². The largest absolute Gasteiger partial charge is 0.468 e. The lowest BCUT2D eigenvalue weighted by atomic mass is 10.0. The van der Waals surface area contributed by atoms with Crippen LogP contribution in [0.25, 0.3) is 0 Å². The molecule has 1 saturated heterocycles. The zero-order valence-electron chi connectivity index (χ0n) is 14.2. The summed E-state index contributed by atoms with van der Waals surface area (Å²) in [5, 5.41) is 5.01. The SMILES string of the molecule is COC(=O)CNC(=O)[C@H](Cc1ccccc1)NC(=O)CC1CS(=O)(=O)N1. The van der Waals surface area contributed by atoms with Crippen molar-refractivity contribution in [2.24, 2.45) is 0 Å². The van der Waals surface area contributed by atoms with Crippen LogP contribution in [0.1, 0.15) is 12.0 Å². The molecule has 0 aromatic heterocycles. The minimum absolute atomic E-state index is 0.0607. The molecule has 2 amide bonds. The number of hydrogen-bond acceptors (Lipinski definition) is 6. The predicted octanol–water partition coefficient (Wildman–Crippen LogP) is -1.31. The van der Waals surface area contributed by atoms with Gasteiger partial charge in [0.1, 0.15) is 12.6 Å². The molecule has 1 aromatic rings. The van der Waals surface area contributed by atoms with Crippen molar-refractivity contribution in [2.75, 3.05) is 19.4 Å². The number of carbonyl (C=O) groups is 3. The summed E-state index contributed by atoms with van der Waals surface area (Å²) in [5.41, 5.74) is 0.829. The Kier molecular flexibility index (Phi) is 6.70. The van der Waals surface area contributed by atoms with Crippen LogP contribution in [0.5, 0.6) is 0 Å². The summed E-state index contributed by atoms with van der Waals surface area (Å²) >= 11 is 0. The summed E-state index contributed by atoms with van der Waals surface area (Å²) in [6, 6.07) is 7.71. The van der Waals surface area contributed by atoms with Gasteiger partial charge in [0.2, 0.25) is 21.8 Å².